The van der Waals surface area contributed by atoms with Crippen molar-refractivity contribution in [1.29, 1.82) is 0 Å². The number of nitrogens with zero attached hydrogens (tertiary/aromatic N) is 1. The van der Waals surface area contributed by atoms with Gasteiger partial charge in [-0.2, -0.15) is 5.06 Å². The summed E-state index contributed by atoms with van der Waals surface area (Å²) in [7, 11) is 1.37. The molecule has 0 amide bonds. The summed E-state index contributed by atoms with van der Waals surface area (Å²) in [6.07, 6.45) is 0.276. The van der Waals surface area contributed by atoms with Crippen molar-refractivity contribution >= 4 is 5.97 Å². The van der Waals surface area contributed by atoms with Gasteiger partial charge in [-0.15, -0.1) is 0 Å². The summed E-state index contributed by atoms with van der Waals surface area (Å²) in [5, 5.41) is 1.83. The first-order chi connectivity index (χ1) is 13.1. The van der Waals surface area contributed by atoms with E-state index in [4.69, 9.17) is 33.3 Å². The van der Waals surface area contributed by atoms with Crippen molar-refractivity contribution in [2.75, 3.05) is 13.7 Å². The average Bonchev–Trinajstić information content (AvgIpc) is 3.37. The number of rotatable bonds is 2. The Morgan fingerprint density at radius 2 is 1.82 bits per heavy atom. The third kappa shape index (κ3) is 2.75. The highest BCUT2D eigenvalue weighted by molar-refractivity contribution is 5.74. The fraction of sp³-hybridized carbons (Fsp3) is 0.947. The molecule has 28 heavy (non-hydrogen) atoms. The third-order valence-corrected chi connectivity index (χ3v) is 6.37. The van der Waals surface area contributed by atoms with E-state index in [1.165, 1.54) is 7.11 Å². The Hall–Kier alpha value is -0.810. The molecule has 0 aromatic heterocycles. The molecule has 5 saturated heterocycles. The van der Waals surface area contributed by atoms with Gasteiger partial charge in [0.15, 0.2) is 23.4 Å². The highest BCUT2D eigenvalue weighted by atomic mass is 16.8. The summed E-state index contributed by atoms with van der Waals surface area (Å²) in [6.45, 7) is 8.01. The van der Waals surface area contributed by atoms with E-state index < -0.39 is 23.4 Å². The van der Waals surface area contributed by atoms with E-state index >= 15 is 0 Å². The summed E-state index contributed by atoms with van der Waals surface area (Å²) in [4.78, 5) is 18.0. The molecule has 5 fully saturated rings. The van der Waals surface area contributed by atoms with Crippen molar-refractivity contribution < 1.29 is 38.1 Å². The van der Waals surface area contributed by atoms with Crippen molar-refractivity contribution in [3.8, 4) is 0 Å². The lowest BCUT2D eigenvalue weighted by Crippen LogP contribution is -2.53. The van der Waals surface area contributed by atoms with Crippen molar-refractivity contribution in [1.82, 2.24) is 5.06 Å². The van der Waals surface area contributed by atoms with Crippen LogP contribution in [0.1, 0.15) is 47.0 Å². The van der Waals surface area contributed by atoms with Crippen molar-refractivity contribution in [3.63, 3.8) is 0 Å². The van der Waals surface area contributed by atoms with Gasteiger partial charge in [0.2, 0.25) is 0 Å². The van der Waals surface area contributed by atoms with E-state index in [1.807, 2.05) is 32.8 Å². The van der Waals surface area contributed by atoms with Gasteiger partial charge in [0.25, 0.3) is 0 Å². The molecule has 0 bridgehead atoms. The van der Waals surface area contributed by atoms with E-state index in [1.54, 1.807) is 0 Å². The molecule has 0 radical (unpaired) electrons. The van der Waals surface area contributed by atoms with Crippen LogP contribution in [-0.4, -0.2) is 78.6 Å². The van der Waals surface area contributed by atoms with Crippen molar-refractivity contribution in [2.45, 2.75) is 101 Å². The molecule has 0 aromatic rings. The zero-order chi connectivity index (χ0) is 19.9. The maximum Gasteiger partial charge on any atom is 0.337 e. The lowest BCUT2D eigenvalue weighted by atomic mass is 9.99. The van der Waals surface area contributed by atoms with Crippen LogP contribution >= 0.6 is 0 Å². The molecule has 0 aromatic carbocycles. The zero-order valence-corrected chi connectivity index (χ0v) is 17.0. The fourth-order valence-electron chi connectivity index (χ4n) is 5.29. The summed E-state index contributed by atoms with van der Waals surface area (Å²) >= 11 is 0. The second-order valence-electron chi connectivity index (χ2n) is 9.19. The Labute approximate surface area is 164 Å². The lowest BCUT2D eigenvalue weighted by Gasteiger charge is -2.37. The van der Waals surface area contributed by atoms with E-state index in [2.05, 4.69) is 0 Å². The normalized spacial score (nSPS) is 48.9. The molecule has 5 rings (SSSR count). The quantitative estimate of drug-likeness (QED) is 0.634. The van der Waals surface area contributed by atoms with Crippen LogP contribution in [0.5, 0.6) is 0 Å². The molecule has 5 aliphatic rings. The Morgan fingerprint density at radius 1 is 1.04 bits per heavy atom. The van der Waals surface area contributed by atoms with Gasteiger partial charge < -0.3 is 28.4 Å². The smallest absolute Gasteiger partial charge is 0.337 e. The molecular formula is C19H29NO8. The van der Waals surface area contributed by atoms with Crippen LogP contribution < -0.4 is 0 Å². The maximum absolute atomic E-state index is 12.0. The van der Waals surface area contributed by atoms with E-state index in [0.29, 0.717) is 13.0 Å². The van der Waals surface area contributed by atoms with Gasteiger partial charge in [-0.25, -0.2) is 4.79 Å². The Kier molecular flexibility index (Phi) is 4.18. The molecule has 7 atom stereocenters. The van der Waals surface area contributed by atoms with E-state index in [9.17, 15) is 4.79 Å². The SMILES string of the molecule is COC(=O)[C@@H]1C[C@@H]2CC[C@@]3(O[C@H]([C@H]4COC(C)(C)O4)[C@@H]4OC(C)(C)O[C@@H]43)N2O1. The number of fused-ring (bicyclic) bond motifs is 4. The van der Waals surface area contributed by atoms with Gasteiger partial charge in [0.05, 0.1) is 13.7 Å². The first kappa shape index (κ1) is 19.2. The van der Waals surface area contributed by atoms with E-state index in [0.717, 1.165) is 12.8 Å². The van der Waals surface area contributed by atoms with Gasteiger partial charge in [-0.1, -0.05) is 0 Å². The van der Waals surface area contributed by atoms with Gasteiger partial charge in [-0.3, -0.25) is 4.84 Å². The number of esters is 1. The van der Waals surface area contributed by atoms with Crippen LogP contribution in [0.2, 0.25) is 0 Å². The van der Waals surface area contributed by atoms with Crippen LogP contribution in [0.4, 0.5) is 0 Å². The predicted molar refractivity (Wildman–Crippen MR) is 92.7 cm³/mol. The molecule has 9 heteroatoms. The molecule has 5 aliphatic heterocycles. The summed E-state index contributed by atoms with van der Waals surface area (Å²) in [5.41, 5.74) is -0.813. The number of hydrogen-bond acceptors (Lipinski definition) is 9. The van der Waals surface area contributed by atoms with Gasteiger partial charge in [0.1, 0.15) is 24.4 Å². The standard InChI is InChI=1S/C19H29NO8/c1-17(2)23-9-12(24-17)13-14-15(27-18(3,4)25-14)19(26-13)7-6-10-8-11(16(21)22-5)28-20(10)19/h10-15H,6-9H2,1-5H3/t10-,11-,12+,13+,14-,15-,19-/m0/s1. The molecule has 9 nitrogen and oxygen atoms in total. The van der Waals surface area contributed by atoms with Crippen molar-refractivity contribution in [3.05, 3.63) is 0 Å². The minimum Gasteiger partial charge on any atom is -0.467 e. The Morgan fingerprint density at radius 3 is 2.50 bits per heavy atom. The van der Waals surface area contributed by atoms with E-state index in [-0.39, 0.29) is 36.4 Å². The summed E-state index contributed by atoms with van der Waals surface area (Å²) in [5.74, 6) is -1.76. The largest absolute Gasteiger partial charge is 0.467 e. The Bertz CT molecular complexity index is 668. The molecule has 5 heterocycles. The van der Waals surface area contributed by atoms with Gasteiger partial charge in [-0.05, 0) is 40.5 Å². The minimum atomic E-state index is -0.813. The predicted octanol–water partition coefficient (Wildman–Crippen LogP) is 1.09. The monoisotopic (exact) mass is 399 g/mol. The molecule has 0 saturated carbocycles. The van der Waals surface area contributed by atoms with Gasteiger partial charge in [0, 0.05) is 12.5 Å². The highest BCUT2D eigenvalue weighted by Gasteiger charge is 2.71. The van der Waals surface area contributed by atoms with Crippen molar-refractivity contribution in [2.24, 2.45) is 0 Å². The first-order valence-electron chi connectivity index (χ1n) is 10.0. The molecule has 1 spiro atoms. The topological polar surface area (TPSA) is 84.9 Å². The zero-order valence-electron chi connectivity index (χ0n) is 17.0. The third-order valence-electron chi connectivity index (χ3n) is 6.37. The number of carbonyl (C=O) groups excluding carboxylic acids is 1. The number of methoxy groups -OCH3 is 1. The molecule has 0 aliphatic carbocycles. The second kappa shape index (κ2) is 6.10. The fourth-order valence-corrected chi connectivity index (χ4v) is 5.29. The van der Waals surface area contributed by atoms with Crippen LogP contribution in [0.25, 0.3) is 0 Å². The highest BCUT2D eigenvalue weighted by Crippen LogP contribution is 2.55. The minimum absolute atomic E-state index is 0.0769. The van der Waals surface area contributed by atoms with Crippen LogP contribution in [-0.2, 0) is 38.1 Å². The molecule has 158 valence electrons. The molecule has 0 unspecified atom stereocenters. The number of carbonyl (C=O) groups is 1. The maximum atomic E-state index is 12.0. The van der Waals surface area contributed by atoms with Crippen LogP contribution in [0, 0.1) is 0 Å². The van der Waals surface area contributed by atoms with Crippen LogP contribution in [0.3, 0.4) is 0 Å². The average molecular weight is 399 g/mol. The molecule has 0 N–H and O–H groups in total. The second-order valence-corrected chi connectivity index (χ2v) is 9.19. The number of hydrogen-bond donors (Lipinski definition) is 0. The Balaban J connectivity index is 1.44. The molecular weight excluding hydrogens is 370 g/mol. The number of hydroxylamine groups is 2. The van der Waals surface area contributed by atoms with Crippen LogP contribution in [0.15, 0.2) is 0 Å². The number of ether oxygens (including phenoxy) is 6. The van der Waals surface area contributed by atoms with Gasteiger partial charge >= 0.3 is 5.97 Å². The first-order valence-corrected chi connectivity index (χ1v) is 10.0. The summed E-state index contributed by atoms with van der Waals surface area (Å²) in [6, 6.07) is 0.0769. The lowest BCUT2D eigenvalue weighted by molar-refractivity contribution is -0.325. The summed E-state index contributed by atoms with van der Waals surface area (Å²) < 4.78 is 35.9.